The average molecular weight is 315 g/mol. The summed E-state index contributed by atoms with van der Waals surface area (Å²) in [7, 11) is 0. The van der Waals surface area contributed by atoms with E-state index < -0.39 is 0 Å². The molecule has 1 aliphatic heterocycles. The van der Waals surface area contributed by atoms with Gasteiger partial charge >= 0.3 is 0 Å². The predicted octanol–water partition coefficient (Wildman–Crippen LogP) is 4.41. The van der Waals surface area contributed by atoms with Gasteiger partial charge in [-0.3, -0.25) is 4.79 Å². The molecule has 0 saturated carbocycles. The van der Waals surface area contributed by atoms with Gasteiger partial charge in [0.25, 0.3) is 5.91 Å². The van der Waals surface area contributed by atoms with E-state index in [0.717, 1.165) is 42.5 Å². The number of rotatable bonds is 2. The second kappa shape index (κ2) is 6.49. The Morgan fingerprint density at radius 2 is 2.05 bits per heavy atom. The molecule has 1 aliphatic rings. The molecule has 0 N–H and O–H groups in total. The number of likely N-dealkylation sites (tertiary alicyclic amines) is 1. The Balaban J connectivity index is 1.91. The molecule has 1 amide bonds. The van der Waals surface area contributed by atoms with E-state index in [1.165, 1.54) is 0 Å². The normalized spacial score (nSPS) is 18.3. The van der Waals surface area contributed by atoms with Crippen LogP contribution in [0.3, 0.4) is 0 Å². The van der Waals surface area contributed by atoms with Crippen molar-refractivity contribution in [2.45, 2.75) is 32.2 Å². The smallest absolute Gasteiger partial charge is 0.254 e. The van der Waals surface area contributed by atoms with Crippen molar-refractivity contribution in [3.63, 3.8) is 0 Å². The van der Waals surface area contributed by atoms with Crippen molar-refractivity contribution in [1.29, 1.82) is 0 Å². The number of amides is 1. The highest BCUT2D eigenvalue weighted by molar-refractivity contribution is 6.30. The number of hydrogen-bond donors (Lipinski definition) is 0. The van der Waals surface area contributed by atoms with Crippen LogP contribution in [0.4, 0.5) is 0 Å². The fourth-order valence-electron chi connectivity index (χ4n) is 3.03. The Morgan fingerprint density at radius 3 is 2.77 bits per heavy atom. The maximum Gasteiger partial charge on any atom is 0.254 e. The van der Waals surface area contributed by atoms with Gasteiger partial charge in [0.1, 0.15) is 5.15 Å². The highest BCUT2D eigenvalue weighted by atomic mass is 35.5. The lowest BCUT2D eigenvalue weighted by molar-refractivity contribution is 0.0611. The standard InChI is InChI=1S/C18H19ClN2O/c1-13-11-15(12-20-17(13)19)16-9-5-6-10-21(16)18(22)14-7-3-2-4-8-14/h2-4,7-8,11-12,16H,5-6,9-10H2,1H3. The summed E-state index contributed by atoms with van der Waals surface area (Å²) in [5, 5.41) is 0.528. The van der Waals surface area contributed by atoms with Gasteiger partial charge in [-0.25, -0.2) is 4.98 Å². The SMILES string of the molecule is Cc1cc(C2CCCCN2C(=O)c2ccccc2)cnc1Cl. The molecule has 2 heterocycles. The van der Waals surface area contributed by atoms with Gasteiger partial charge in [0.05, 0.1) is 6.04 Å². The molecule has 3 rings (SSSR count). The predicted molar refractivity (Wildman–Crippen MR) is 88.1 cm³/mol. The minimum atomic E-state index is 0.0879. The van der Waals surface area contributed by atoms with Crippen molar-refractivity contribution in [3.8, 4) is 0 Å². The fraction of sp³-hybridized carbons (Fsp3) is 0.333. The maximum atomic E-state index is 12.8. The van der Waals surface area contributed by atoms with Crippen LogP contribution in [0.25, 0.3) is 0 Å². The van der Waals surface area contributed by atoms with E-state index in [2.05, 4.69) is 11.1 Å². The van der Waals surface area contributed by atoms with Crippen molar-refractivity contribution in [2.24, 2.45) is 0 Å². The zero-order valence-corrected chi connectivity index (χ0v) is 13.4. The molecular weight excluding hydrogens is 296 g/mol. The third kappa shape index (κ3) is 3.00. The van der Waals surface area contributed by atoms with Crippen LogP contribution in [0, 0.1) is 6.92 Å². The molecule has 1 aromatic carbocycles. The summed E-state index contributed by atoms with van der Waals surface area (Å²) >= 11 is 6.02. The van der Waals surface area contributed by atoms with Crippen LogP contribution < -0.4 is 0 Å². The topological polar surface area (TPSA) is 33.2 Å². The minimum Gasteiger partial charge on any atom is -0.332 e. The molecule has 0 bridgehead atoms. The summed E-state index contributed by atoms with van der Waals surface area (Å²) in [6, 6.07) is 11.6. The van der Waals surface area contributed by atoms with Crippen LogP contribution in [-0.4, -0.2) is 22.3 Å². The van der Waals surface area contributed by atoms with Crippen LogP contribution in [0.2, 0.25) is 5.15 Å². The number of carbonyl (C=O) groups excluding carboxylic acids is 1. The summed E-state index contributed by atoms with van der Waals surface area (Å²) in [5.41, 5.74) is 2.77. The van der Waals surface area contributed by atoms with E-state index in [-0.39, 0.29) is 11.9 Å². The van der Waals surface area contributed by atoms with Gasteiger partial charge in [0.15, 0.2) is 0 Å². The number of nitrogens with zero attached hydrogens (tertiary/aromatic N) is 2. The molecule has 2 aromatic rings. The van der Waals surface area contributed by atoms with E-state index in [4.69, 9.17) is 11.6 Å². The number of hydrogen-bond acceptors (Lipinski definition) is 2. The lowest BCUT2D eigenvalue weighted by Gasteiger charge is -2.36. The van der Waals surface area contributed by atoms with Crippen LogP contribution in [0.5, 0.6) is 0 Å². The van der Waals surface area contributed by atoms with Crippen LogP contribution in [0.1, 0.15) is 46.8 Å². The van der Waals surface area contributed by atoms with E-state index in [1.54, 1.807) is 6.20 Å². The molecule has 1 atom stereocenters. The van der Waals surface area contributed by atoms with Gasteiger partial charge in [-0.05, 0) is 55.5 Å². The minimum absolute atomic E-state index is 0.0879. The molecule has 1 saturated heterocycles. The molecular formula is C18H19ClN2O. The third-order valence-electron chi connectivity index (χ3n) is 4.20. The largest absolute Gasteiger partial charge is 0.332 e. The van der Waals surface area contributed by atoms with Crippen LogP contribution in [-0.2, 0) is 0 Å². The van der Waals surface area contributed by atoms with Gasteiger partial charge in [0, 0.05) is 18.3 Å². The number of benzene rings is 1. The number of piperidine rings is 1. The van der Waals surface area contributed by atoms with E-state index in [9.17, 15) is 4.79 Å². The summed E-state index contributed by atoms with van der Waals surface area (Å²) in [4.78, 5) is 19.0. The van der Waals surface area contributed by atoms with E-state index in [0.29, 0.717) is 5.15 Å². The molecule has 1 aromatic heterocycles. The van der Waals surface area contributed by atoms with Crippen molar-refractivity contribution in [3.05, 3.63) is 64.4 Å². The molecule has 3 nitrogen and oxygen atoms in total. The monoisotopic (exact) mass is 314 g/mol. The highest BCUT2D eigenvalue weighted by Crippen LogP contribution is 2.32. The Labute approximate surface area is 135 Å². The first-order chi connectivity index (χ1) is 10.7. The second-order valence-corrected chi connectivity index (χ2v) is 6.11. The Kier molecular flexibility index (Phi) is 4.44. The summed E-state index contributed by atoms with van der Waals surface area (Å²) < 4.78 is 0. The van der Waals surface area contributed by atoms with Crippen molar-refractivity contribution in [2.75, 3.05) is 6.54 Å². The van der Waals surface area contributed by atoms with Gasteiger partial charge in [-0.1, -0.05) is 29.8 Å². The quantitative estimate of drug-likeness (QED) is 0.769. The average Bonchev–Trinajstić information content (AvgIpc) is 2.57. The molecule has 0 radical (unpaired) electrons. The number of aryl methyl sites for hydroxylation is 1. The summed E-state index contributed by atoms with van der Waals surface area (Å²) in [6.45, 7) is 2.74. The lowest BCUT2D eigenvalue weighted by atomic mass is 9.95. The first-order valence-electron chi connectivity index (χ1n) is 7.65. The Morgan fingerprint density at radius 1 is 1.27 bits per heavy atom. The number of pyridine rings is 1. The summed E-state index contributed by atoms with van der Waals surface area (Å²) in [5.74, 6) is 0.0953. The first-order valence-corrected chi connectivity index (χ1v) is 8.02. The summed E-state index contributed by atoms with van der Waals surface area (Å²) in [6.07, 6.45) is 4.96. The first kappa shape index (κ1) is 15.0. The molecule has 22 heavy (non-hydrogen) atoms. The number of halogens is 1. The maximum absolute atomic E-state index is 12.8. The zero-order valence-electron chi connectivity index (χ0n) is 12.6. The second-order valence-electron chi connectivity index (χ2n) is 5.75. The van der Waals surface area contributed by atoms with Crippen LogP contribution in [0.15, 0.2) is 42.6 Å². The van der Waals surface area contributed by atoms with Gasteiger partial charge in [-0.15, -0.1) is 0 Å². The molecule has 0 aliphatic carbocycles. The fourth-order valence-corrected chi connectivity index (χ4v) is 3.13. The molecule has 1 fully saturated rings. The van der Waals surface area contributed by atoms with Crippen LogP contribution >= 0.6 is 11.6 Å². The van der Waals surface area contributed by atoms with Crippen molar-refractivity contribution in [1.82, 2.24) is 9.88 Å². The Bertz CT molecular complexity index is 672. The Hall–Kier alpha value is -1.87. The number of carbonyl (C=O) groups is 1. The van der Waals surface area contributed by atoms with E-state index in [1.807, 2.05) is 42.2 Å². The van der Waals surface area contributed by atoms with Gasteiger partial charge in [-0.2, -0.15) is 0 Å². The van der Waals surface area contributed by atoms with E-state index >= 15 is 0 Å². The molecule has 4 heteroatoms. The lowest BCUT2D eigenvalue weighted by Crippen LogP contribution is -2.38. The number of aromatic nitrogens is 1. The highest BCUT2D eigenvalue weighted by Gasteiger charge is 2.29. The van der Waals surface area contributed by atoms with Crippen molar-refractivity contribution >= 4 is 17.5 Å². The third-order valence-corrected chi connectivity index (χ3v) is 4.60. The molecule has 114 valence electrons. The molecule has 0 spiro atoms. The molecule has 1 unspecified atom stereocenters. The van der Waals surface area contributed by atoms with Gasteiger partial charge < -0.3 is 4.90 Å². The zero-order chi connectivity index (χ0) is 15.5. The van der Waals surface area contributed by atoms with Gasteiger partial charge in [0.2, 0.25) is 0 Å². The van der Waals surface area contributed by atoms with Crippen molar-refractivity contribution < 1.29 is 4.79 Å².